The fourth-order valence-electron chi connectivity index (χ4n) is 2.47. The summed E-state index contributed by atoms with van der Waals surface area (Å²) in [6, 6.07) is 3.63. The first-order chi connectivity index (χ1) is 10.8. The molecule has 23 heavy (non-hydrogen) atoms. The van der Waals surface area contributed by atoms with Gasteiger partial charge in [0.2, 0.25) is 5.91 Å². The molecule has 130 valence electrons. The van der Waals surface area contributed by atoms with Crippen LogP contribution in [-0.4, -0.2) is 63.6 Å². The molecule has 0 aromatic carbocycles. The summed E-state index contributed by atoms with van der Waals surface area (Å²) in [6.45, 7) is 6.29. The highest BCUT2D eigenvalue weighted by Gasteiger charge is 2.28. The maximum Gasteiger partial charge on any atom is 0.238 e. The Balaban J connectivity index is 2.07. The van der Waals surface area contributed by atoms with Crippen LogP contribution >= 0.6 is 0 Å². The Hall–Kier alpha value is -1.38. The maximum atomic E-state index is 12.0. The molecule has 1 aromatic rings. The van der Waals surface area contributed by atoms with Crippen molar-refractivity contribution in [3.8, 4) is 0 Å². The van der Waals surface area contributed by atoms with Crippen molar-refractivity contribution in [3.05, 3.63) is 23.7 Å². The van der Waals surface area contributed by atoms with Gasteiger partial charge in [-0.05, 0) is 26.0 Å². The van der Waals surface area contributed by atoms with E-state index in [1.807, 2.05) is 19.1 Å². The van der Waals surface area contributed by atoms with Crippen LogP contribution in [-0.2, 0) is 19.4 Å². The van der Waals surface area contributed by atoms with Crippen molar-refractivity contribution < 1.29 is 22.4 Å². The van der Waals surface area contributed by atoms with Crippen molar-refractivity contribution >= 4 is 15.7 Å². The van der Waals surface area contributed by atoms with Gasteiger partial charge in [-0.1, -0.05) is 0 Å². The number of sulfone groups is 1. The molecule has 1 N–H and O–H groups in total. The van der Waals surface area contributed by atoms with Gasteiger partial charge in [-0.2, -0.15) is 0 Å². The lowest BCUT2D eigenvalue weighted by atomic mass is 10.1. The molecule has 2 rings (SSSR count). The molecule has 0 saturated carbocycles. The first-order valence-electron chi connectivity index (χ1n) is 7.63. The van der Waals surface area contributed by atoms with Crippen LogP contribution in [0.15, 0.2) is 16.5 Å². The number of hydrogen-bond donors (Lipinski definition) is 1. The predicted octanol–water partition coefficient (Wildman–Crippen LogP) is 0.511. The van der Waals surface area contributed by atoms with Crippen molar-refractivity contribution in [1.29, 1.82) is 0 Å². The first-order valence-corrected chi connectivity index (χ1v) is 9.59. The zero-order valence-corrected chi connectivity index (χ0v) is 14.6. The number of furan rings is 1. The van der Waals surface area contributed by atoms with E-state index in [-0.39, 0.29) is 6.04 Å². The molecule has 1 amide bonds. The monoisotopic (exact) mass is 344 g/mol. The fraction of sp³-hybridized carbons (Fsp3) is 0.667. The molecule has 0 unspecified atom stereocenters. The summed E-state index contributed by atoms with van der Waals surface area (Å²) >= 11 is 0. The SMILES string of the molecule is Cc1ccc([C@H](CNC(=O)[C@H](C)S(C)(=O)=O)N2CCOCC2)o1. The molecular formula is C15H24N2O5S. The number of carbonyl (C=O) groups excluding carboxylic acids is 1. The zero-order valence-electron chi connectivity index (χ0n) is 13.7. The van der Waals surface area contributed by atoms with Crippen LogP contribution in [0.5, 0.6) is 0 Å². The summed E-state index contributed by atoms with van der Waals surface area (Å²) in [6.07, 6.45) is 1.06. The zero-order chi connectivity index (χ0) is 17.0. The number of rotatable bonds is 6. The third-order valence-corrected chi connectivity index (χ3v) is 5.56. The molecule has 1 fully saturated rings. The largest absolute Gasteiger partial charge is 0.465 e. The molecule has 0 bridgehead atoms. The van der Waals surface area contributed by atoms with Crippen molar-refractivity contribution in [3.63, 3.8) is 0 Å². The molecule has 0 radical (unpaired) electrons. The van der Waals surface area contributed by atoms with Crippen LogP contribution in [0.2, 0.25) is 0 Å². The molecule has 8 heteroatoms. The Kier molecular flexibility index (Phi) is 5.83. The van der Waals surface area contributed by atoms with Crippen LogP contribution in [0.4, 0.5) is 0 Å². The van der Waals surface area contributed by atoms with E-state index in [1.54, 1.807) is 0 Å². The minimum atomic E-state index is -3.40. The minimum absolute atomic E-state index is 0.136. The molecule has 1 aliphatic rings. The minimum Gasteiger partial charge on any atom is -0.465 e. The Morgan fingerprint density at radius 1 is 1.35 bits per heavy atom. The molecule has 2 heterocycles. The number of nitrogens with zero attached hydrogens (tertiary/aromatic N) is 1. The number of hydrogen-bond acceptors (Lipinski definition) is 6. The van der Waals surface area contributed by atoms with Crippen LogP contribution in [0, 0.1) is 6.92 Å². The Morgan fingerprint density at radius 3 is 2.52 bits per heavy atom. The summed E-state index contributed by atoms with van der Waals surface area (Å²) in [7, 11) is -3.40. The Bertz CT molecular complexity index is 634. The van der Waals surface area contributed by atoms with Crippen molar-refractivity contribution in [2.75, 3.05) is 39.1 Å². The van der Waals surface area contributed by atoms with Gasteiger partial charge >= 0.3 is 0 Å². The second-order valence-corrected chi connectivity index (χ2v) is 8.20. The van der Waals surface area contributed by atoms with Crippen LogP contribution in [0.25, 0.3) is 0 Å². The fourth-order valence-corrected chi connectivity index (χ4v) is 2.94. The van der Waals surface area contributed by atoms with E-state index in [0.717, 1.165) is 30.9 Å². The summed E-state index contributed by atoms with van der Waals surface area (Å²) in [5.41, 5.74) is 0. The number of carbonyl (C=O) groups is 1. The number of nitrogens with one attached hydrogen (secondary N) is 1. The first kappa shape index (κ1) is 18.0. The standard InChI is InChI=1S/C15H24N2O5S/c1-11-4-5-14(22-11)13(17-6-8-21-9-7-17)10-16-15(18)12(2)23(3,19)20/h4-5,12-13H,6-10H2,1-3H3,(H,16,18)/t12-,13-/m0/s1. The lowest BCUT2D eigenvalue weighted by Crippen LogP contribution is -2.46. The van der Waals surface area contributed by atoms with E-state index in [2.05, 4.69) is 10.2 Å². The average molecular weight is 344 g/mol. The van der Waals surface area contributed by atoms with Gasteiger partial charge < -0.3 is 14.5 Å². The quantitative estimate of drug-likeness (QED) is 0.809. The highest BCUT2D eigenvalue weighted by atomic mass is 32.2. The normalized spacial score (nSPS) is 19.3. The van der Waals surface area contributed by atoms with Crippen molar-refractivity contribution in [2.24, 2.45) is 0 Å². The highest BCUT2D eigenvalue weighted by molar-refractivity contribution is 7.92. The second kappa shape index (κ2) is 7.46. The molecule has 1 aliphatic heterocycles. The lowest BCUT2D eigenvalue weighted by molar-refractivity contribution is -0.120. The van der Waals surface area contributed by atoms with Gasteiger partial charge in [0.25, 0.3) is 0 Å². The summed E-state index contributed by atoms with van der Waals surface area (Å²) in [4.78, 5) is 14.2. The number of aryl methyl sites for hydroxylation is 1. The summed E-state index contributed by atoms with van der Waals surface area (Å²) in [5.74, 6) is 1.07. The molecule has 0 aliphatic carbocycles. The van der Waals surface area contributed by atoms with E-state index in [4.69, 9.17) is 9.15 Å². The summed E-state index contributed by atoms with van der Waals surface area (Å²) < 4.78 is 34.0. The van der Waals surface area contributed by atoms with E-state index >= 15 is 0 Å². The van der Waals surface area contributed by atoms with Crippen LogP contribution in [0.3, 0.4) is 0 Å². The molecular weight excluding hydrogens is 320 g/mol. The molecule has 1 aromatic heterocycles. The van der Waals surface area contributed by atoms with E-state index in [1.165, 1.54) is 6.92 Å². The van der Waals surface area contributed by atoms with Gasteiger partial charge in [0, 0.05) is 25.9 Å². The third kappa shape index (κ3) is 4.79. The van der Waals surface area contributed by atoms with E-state index < -0.39 is 21.0 Å². The smallest absolute Gasteiger partial charge is 0.238 e. The number of morpholine rings is 1. The van der Waals surface area contributed by atoms with Crippen LogP contribution < -0.4 is 5.32 Å². The molecule has 2 atom stereocenters. The van der Waals surface area contributed by atoms with Gasteiger partial charge in [-0.25, -0.2) is 8.42 Å². The second-order valence-electron chi connectivity index (χ2n) is 5.83. The van der Waals surface area contributed by atoms with Gasteiger partial charge in [0.05, 0.1) is 19.3 Å². The Morgan fingerprint density at radius 2 is 2.00 bits per heavy atom. The number of ether oxygens (including phenoxy) is 1. The van der Waals surface area contributed by atoms with E-state index in [9.17, 15) is 13.2 Å². The van der Waals surface area contributed by atoms with Gasteiger partial charge in [0.1, 0.15) is 16.8 Å². The van der Waals surface area contributed by atoms with Crippen molar-refractivity contribution in [1.82, 2.24) is 10.2 Å². The number of amides is 1. The van der Waals surface area contributed by atoms with Gasteiger partial charge in [-0.3, -0.25) is 9.69 Å². The van der Waals surface area contributed by atoms with Crippen LogP contribution in [0.1, 0.15) is 24.5 Å². The molecule has 1 saturated heterocycles. The summed E-state index contributed by atoms with van der Waals surface area (Å²) in [5, 5.41) is 1.67. The lowest BCUT2D eigenvalue weighted by Gasteiger charge is -2.33. The highest BCUT2D eigenvalue weighted by Crippen LogP contribution is 2.23. The molecule has 0 spiro atoms. The average Bonchev–Trinajstić information content (AvgIpc) is 2.93. The van der Waals surface area contributed by atoms with Crippen molar-refractivity contribution in [2.45, 2.75) is 25.1 Å². The van der Waals surface area contributed by atoms with E-state index in [0.29, 0.717) is 19.8 Å². The van der Waals surface area contributed by atoms with Gasteiger partial charge in [0.15, 0.2) is 9.84 Å². The maximum absolute atomic E-state index is 12.0. The topological polar surface area (TPSA) is 88.9 Å². The Labute approximate surface area is 136 Å². The third-order valence-electron chi connectivity index (χ3n) is 4.06. The molecule has 7 nitrogen and oxygen atoms in total. The van der Waals surface area contributed by atoms with Gasteiger partial charge in [-0.15, -0.1) is 0 Å². The predicted molar refractivity (Wildman–Crippen MR) is 85.9 cm³/mol.